The number of hydrogen-bond donors (Lipinski definition) is 0. The van der Waals surface area contributed by atoms with Crippen molar-refractivity contribution in [2.75, 3.05) is 6.54 Å². The molecule has 2 nitrogen and oxygen atoms in total. The molecule has 5 fully saturated rings. The Bertz CT molecular complexity index is 632. The Morgan fingerprint density at radius 3 is 2.24 bits per heavy atom. The number of fused-ring (bicyclic) bond motifs is 3. The molecule has 5 rings (SSSR count). The average Bonchev–Trinajstić information content (AvgIpc) is 3.00. The molecule has 0 aromatic heterocycles. The molecule has 5 heteroatoms. The third-order valence-corrected chi connectivity index (χ3v) is 11.8. The summed E-state index contributed by atoms with van der Waals surface area (Å²) in [6.45, 7) is 12.8. The molecule has 25 heavy (non-hydrogen) atoms. The van der Waals surface area contributed by atoms with Crippen LogP contribution in [0.3, 0.4) is 0 Å². The molecule has 0 N–H and O–H groups in total. The number of nitrogens with zero attached hydrogens (tertiary/aromatic N) is 1. The molecule has 0 aromatic carbocycles. The van der Waals surface area contributed by atoms with E-state index >= 15 is 0 Å². The lowest BCUT2D eigenvalue weighted by molar-refractivity contribution is -0.174. The summed E-state index contributed by atoms with van der Waals surface area (Å²) in [5, 5.41) is 0. The number of halogens is 3. The Balaban J connectivity index is 1.67. The minimum absolute atomic E-state index is 0.00394. The number of carbonyl (C=O) groups is 1. The zero-order chi connectivity index (χ0) is 18.6. The van der Waals surface area contributed by atoms with Crippen LogP contribution in [0.4, 0.5) is 0 Å². The molecule has 1 aliphatic heterocycles. The maximum Gasteiger partial charge on any atom is 0.230 e. The van der Waals surface area contributed by atoms with E-state index in [4.69, 9.17) is 0 Å². The maximum atomic E-state index is 14.0. The highest BCUT2D eigenvalue weighted by atomic mass is 79.9. The summed E-state index contributed by atoms with van der Waals surface area (Å²) in [7, 11) is 0. The second-order valence-electron chi connectivity index (χ2n) is 10.9. The lowest BCUT2D eigenvalue weighted by Crippen LogP contribution is -2.72. The highest BCUT2D eigenvalue weighted by Crippen LogP contribution is 2.83. The minimum atomic E-state index is -0.245. The predicted octanol–water partition coefficient (Wildman–Crippen LogP) is 6.10. The van der Waals surface area contributed by atoms with Crippen LogP contribution in [-0.4, -0.2) is 32.0 Å². The molecule has 5 atom stereocenters. The van der Waals surface area contributed by atoms with Crippen molar-refractivity contribution in [3.8, 4) is 0 Å². The van der Waals surface area contributed by atoms with Gasteiger partial charge < -0.3 is 4.90 Å². The van der Waals surface area contributed by atoms with Crippen LogP contribution in [0.2, 0.25) is 0 Å². The van der Waals surface area contributed by atoms with Gasteiger partial charge in [0.1, 0.15) is 0 Å². The standard InChI is InChI=1S/C20H30Br3NO/c1-16(2)8-12-9-18(5,10-16)11-24(12)15(25)20-7-6-19(13(20)21,14(22)23)17(20,3)4/h12-14H,6-11H2,1-5H3/t12-,13+,18+,19+,20-/m1/s1. The monoisotopic (exact) mass is 537 g/mol. The Hall–Kier alpha value is 0.910. The van der Waals surface area contributed by atoms with E-state index in [9.17, 15) is 4.79 Å². The van der Waals surface area contributed by atoms with E-state index in [0.29, 0.717) is 22.8 Å². The highest BCUT2D eigenvalue weighted by Gasteiger charge is 2.84. The summed E-state index contributed by atoms with van der Waals surface area (Å²) in [6.07, 6.45) is 5.69. The van der Waals surface area contributed by atoms with Gasteiger partial charge in [0.15, 0.2) is 0 Å². The van der Waals surface area contributed by atoms with E-state index in [-0.39, 0.29) is 24.8 Å². The van der Waals surface area contributed by atoms with Crippen molar-refractivity contribution >= 4 is 53.7 Å². The first-order chi connectivity index (χ1) is 11.3. The Morgan fingerprint density at radius 1 is 1.08 bits per heavy atom. The summed E-state index contributed by atoms with van der Waals surface area (Å²) in [6, 6.07) is 0.436. The van der Waals surface area contributed by atoms with Crippen LogP contribution < -0.4 is 0 Å². The molecule has 0 aromatic rings. The molecule has 142 valence electrons. The summed E-state index contributed by atoms with van der Waals surface area (Å²) in [4.78, 5) is 16.5. The van der Waals surface area contributed by atoms with Crippen molar-refractivity contribution in [1.29, 1.82) is 0 Å². The van der Waals surface area contributed by atoms with Crippen molar-refractivity contribution in [3.05, 3.63) is 0 Å². The fourth-order valence-electron chi connectivity index (χ4n) is 7.62. The van der Waals surface area contributed by atoms with Gasteiger partial charge >= 0.3 is 0 Å². The third-order valence-electron chi connectivity index (χ3n) is 8.54. The van der Waals surface area contributed by atoms with Crippen LogP contribution in [-0.2, 0) is 4.79 Å². The van der Waals surface area contributed by atoms with Crippen LogP contribution in [0.1, 0.15) is 66.7 Å². The van der Waals surface area contributed by atoms with Crippen LogP contribution in [0.5, 0.6) is 0 Å². The molecule has 4 bridgehead atoms. The SMILES string of the molecule is CC1(C)C[C@@H]2C[C@](C)(CN2C(=O)[C@@]23CC[C@@](C(Br)Br)([C@@H]2Br)C3(C)C)C1. The van der Waals surface area contributed by atoms with E-state index in [1.165, 1.54) is 12.8 Å². The molecule has 4 aliphatic carbocycles. The molecule has 0 unspecified atom stereocenters. The van der Waals surface area contributed by atoms with Crippen molar-refractivity contribution < 1.29 is 4.79 Å². The molecule has 5 aliphatic rings. The first kappa shape index (κ1) is 19.2. The van der Waals surface area contributed by atoms with Gasteiger partial charge in [-0.25, -0.2) is 0 Å². The van der Waals surface area contributed by atoms with Gasteiger partial charge in [0.05, 0.1) is 9.15 Å². The Labute approximate surface area is 177 Å². The first-order valence-corrected chi connectivity index (χ1v) is 12.3. The molecular weight excluding hydrogens is 510 g/mol. The normalized spacial score (nSPS) is 49.4. The van der Waals surface area contributed by atoms with Crippen molar-refractivity contribution in [1.82, 2.24) is 4.90 Å². The number of amides is 1. The van der Waals surface area contributed by atoms with Gasteiger partial charge in [0.25, 0.3) is 0 Å². The molecule has 1 amide bonds. The molecule has 1 heterocycles. The maximum absolute atomic E-state index is 14.0. The first-order valence-electron chi connectivity index (χ1n) is 9.56. The average molecular weight is 540 g/mol. The molecule has 1 saturated heterocycles. The van der Waals surface area contributed by atoms with Gasteiger partial charge in [-0.3, -0.25) is 4.79 Å². The van der Waals surface area contributed by atoms with E-state index in [1.807, 2.05) is 0 Å². The van der Waals surface area contributed by atoms with Crippen molar-refractivity contribution in [2.24, 2.45) is 27.1 Å². The van der Waals surface area contributed by atoms with E-state index in [2.05, 4.69) is 87.3 Å². The third kappa shape index (κ3) is 2.10. The number of carbonyl (C=O) groups excluding carboxylic acids is 1. The highest BCUT2D eigenvalue weighted by molar-refractivity contribution is 9.24. The number of alkyl halides is 3. The van der Waals surface area contributed by atoms with E-state index in [1.54, 1.807) is 0 Å². The lowest BCUT2D eigenvalue weighted by atomic mass is 9.43. The largest absolute Gasteiger partial charge is 0.339 e. The fraction of sp³-hybridized carbons (Fsp3) is 0.950. The molecule has 4 saturated carbocycles. The summed E-state index contributed by atoms with van der Waals surface area (Å²) in [5.74, 6) is 0.430. The van der Waals surface area contributed by atoms with Crippen LogP contribution >= 0.6 is 47.8 Å². The fourth-order valence-corrected chi connectivity index (χ4v) is 12.5. The van der Waals surface area contributed by atoms with Crippen molar-refractivity contribution in [2.45, 2.75) is 81.3 Å². The van der Waals surface area contributed by atoms with Gasteiger partial charge in [-0.15, -0.1) is 0 Å². The van der Waals surface area contributed by atoms with Crippen LogP contribution in [0, 0.1) is 27.1 Å². The topological polar surface area (TPSA) is 20.3 Å². The van der Waals surface area contributed by atoms with Gasteiger partial charge in [-0.1, -0.05) is 82.4 Å². The van der Waals surface area contributed by atoms with Crippen LogP contribution in [0.15, 0.2) is 0 Å². The van der Waals surface area contributed by atoms with E-state index < -0.39 is 0 Å². The summed E-state index contributed by atoms with van der Waals surface area (Å²) >= 11 is 11.6. The summed E-state index contributed by atoms with van der Waals surface area (Å²) < 4.78 is 0.240. The van der Waals surface area contributed by atoms with Gasteiger partial charge in [-0.05, 0) is 48.3 Å². The quantitative estimate of drug-likeness (QED) is 0.388. The van der Waals surface area contributed by atoms with Crippen molar-refractivity contribution in [3.63, 3.8) is 0 Å². The number of likely N-dealkylation sites (tertiary alicyclic amines) is 1. The van der Waals surface area contributed by atoms with E-state index in [0.717, 1.165) is 25.8 Å². The molecule has 0 spiro atoms. The lowest BCUT2D eigenvalue weighted by Gasteiger charge is -2.66. The van der Waals surface area contributed by atoms with Crippen LogP contribution in [0.25, 0.3) is 0 Å². The minimum Gasteiger partial charge on any atom is -0.339 e. The van der Waals surface area contributed by atoms with Gasteiger partial charge in [-0.2, -0.15) is 0 Å². The second kappa shape index (κ2) is 5.28. The zero-order valence-electron chi connectivity index (χ0n) is 16.0. The van der Waals surface area contributed by atoms with Gasteiger partial charge in [0, 0.05) is 22.8 Å². The Kier molecular flexibility index (Phi) is 4.07. The molecular formula is C20H30Br3NO. The summed E-state index contributed by atoms with van der Waals surface area (Å²) in [5.41, 5.74) is 0.516. The Morgan fingerprint density at radius 2 is 1.72 bits per heavy atom. The smallest absolute Gasteiger partial charge is 0.230 e. The number of hydrogen-bond acceptors (Lipinski definition) is 1. The number of rotatable bonds is 2. The zero-order valence-corrected chi connectivity index (χ0v) is 20.7. The predicted molar refractivity (Wildman–Crippen MR) is 113 cm³/mol. The second-order valence-corrected chi connectivity index (χ2v) is 14.9. The van der Waals surface area contributed by atoms with Gasteiger partial charge in [0.2, 0.25) is 5.91 Å². The molecule has 0 radical (unpaired) electrons.